The van der Waals surface area contributed by atoms with Crippen molar-refractivity contribution in [1.29, 1.82) is 0 Å². The van der Waals surface area contributed by atoms with Gasteiger partial charge in [0.25, 0.3) is 0 Å². The van der Waals surface area contributed by atoms with Crippen molar-refractivity contribution in [3.05, 3.63) is 33.8 Å². The van der Waals surface area contributed by atoms with Crippen molar-refractivity contribution >= 4 is 15.9 Å². The smallest absolute Gasteiger partial charge is 0.0803 e. The fraction of sp³-hybridized carbons (Fsp3) is 0.571. The molecule has 0 radical (unpaired) electrons. The lowest BCUT2D eigenvalue weighted by atomic mass is 9.94. The van der Waals surface area contributed by atoms with E-state index in [0.29, 0.717) is 5.92 Å². The van der Waals surface area contributed by atoms with Gasteiger partial charge in [-0.05, 0) is 30.4 Å². The van der Waals surface area contributed by atoms with Gasteiger partial charge in [0.15, 0.2) is 0 Å². The molecular weight excluding hydrogens is 264 g/mol. The summed E-state index contributed by atoms with van der Waals surface area (Å²) < 4.78 is 1.05. The normalized spacial score (nSPS) is 14.8. The van der Waals surface area contributed by atoms with Gasteiger partial charge in [0.05, 0.1) is 6.10 Å². The van der Waals surface area contributed by atoms with Crippen LogP contribution in [0.5, 0.6) is 0 Å². The maximum atomic E-state index is 10.2. The molecule has 0 aromatic heterocycles. The molecule has 1 aromatic rings. The molecule has 1 N–H and O–H groups in total. The average Bonchev–Trinajstić information content (AvgIpc) is 2.22. The Labute approximate surface area is 107 Å². The van der Waals surface area contributed by atoms with E-state index in [-0.39, 0.29) is 6.10 Å². The van der Waals surface area contributed by atoms with E-state index in [1.54, 1.807) is 0 Å². The molecule has 0 bridgehead atoms. The summed E-state index contributed by atoms with van der Waals surface area (Å²) in [6.07, 6.45) is 2.86. The molecule has 0 amide bonds. The summed E-state index contributed by atoms with van der Waals surface area (Å²) in [6, 6.07) is 6.05. The summed E-state index contributed by atoms with van der Waals surface area (Å²) in [5.74, 6) is 0.576. The SMILES string of the molecule is CCCC(C)CC(O)c1cccc(C)c1Br. The minimum absolute atomic E-state index is 0.351. The molecule has 0 saturated heterocycles. The Hall–Kier alpha value is -0.340. The molecule has 0 fully saturated rings. The summed E-state index contributed by atoms with van der Waals surface area (Å²) in [6.45, 7) is 6.44. The van der Waals surface area contributed by atoms with Gasteiger partial charge in [-0.1, -0.05) is 60.8 Å². The van der Waals surface area contributed by atoms with E-state index in [1.807, 2.05) is 12.1 Å². The summed E-state index contributed by atoms with van der Waals surface area (Å²) in [5, 5.41) is 10.2. The third-order valence-corrected chi connectivity index (χ3v) is 4.07. The van der Waals surface area contributed by atoms with E-state index in [9.17, 15) is 5.11 Å². The lowest BCUT2D eigenvalue weighted by molar-refractivity contribution is 0.144. The molecule has 2 unspecified atom stereocenters. The predicted octanol–water partition coefficient (Wildman–Crippen LogP) is 4.62. The highest BCUT2D eigenvalue weighted by Gasteiger charge is 2.15. The van der Waals surface area contributed by atoms with Crippen LogP contribution in [-0.2, 0) is 0 Å². The second-order valence-electron chi connectivity index (χ2n) is 4.62. The monoisotopic (exact) mass is 284 g/mol. The van der Waals surface area contributed by atoms with Crippen molar-refractivity contribution in [3.63, 3.8) is 0 Å². The van der Waals surface area contributed by atoms with Gasteiger partial charge in [-0.15, -0.1) is 0 Å². The van der Waals surface area contributed by atoms with Crippen molar-refractivity contribution in [2.45, 2.75) is 46.1 Å². The first-order valence-electron chi connectivity index (χ1n) is 5.99. The Bertz CT molecular complexity index is 336. The molecule has 0 aliphatic carbocycles. The molecule has 90 valence electrons. The van der Waals surface area contributed by atoms with Gasteiger partial charge in [-0.25, -0.2) is 0 Å². The summed E-state index contributed by atoms with van der Waals surface area (Å²) in [7, 11) is 0. The molecule has 1 nitrogen and oxygen atoms in total. The number of benzene rings is 1. The molecule has 2 heteroatoms. The van der Waals surface area contributed by atoms with Crippen LogP contribution >= 0.6 is 15.9 Å². The van der Waals surface area contributed by atoms with Gasteiger partial charge in [0, 0.05) is 4.47 Å². The Morgan fingerprint density at radius 3 is 2.69 bits per heavy atom. The van der Waals surface area contributed by atoms with E-state index >= 15 is 0 Å². The highest BCUT2D eigenvalue weighted by Crippen LogP contribution is 2.31. The Balaban J connectivity index is 2.72. The largest absolute Gasteiger partial charge is 0.388 e. The molecule has 2 atom stereocenters. The Morgan fingerprint density at radius 1 is 1.38 bits per heavy atom. The number of hydrogen-bond donors (Lipinski definition) is 1. The van der Waals surface area contributed by atoms with E-state index in [0.717, 1.165) is 16.5 Å². The van der Waals surface area contributed by atoms with Crippen LogP contribution < -0.4 is 0 Å². The van der Waals surface area contributed by atoms with Crippen molar-refractivity contribution in [1.82, 2.24) is 0 Å². The Morgan fingerprint density at radius 2 is 2.06 bits per heavy atom. The van der Waals surface area contributed by atoms with Crippen LogP contribution in [0.15, 0.2) is 22.7 Å². The molecule has 1 rings (SSSR count). The van der Waals surface area contributed by atoms with Crippen molar-refractivity contribution in [3.8, 4) is 0 Å². The number of halogens is 1. The quantitative estimate of drug-likeness (QED) is 0.837. The summed E-state index contributed by atoms with van der Waals surface area (Å²) in [5.41, 5.74) is 2.20. The van der Waals surface area contributed by atoms with Crippen LogP contribution in [0.4, 0.5) is 0 Å². The first-order valence-corrected chi connectivity index (χ1v) is 6.78. The number of aryl methyl sites for hydroxylation is 1. The van der Waals surface area contributed by atoms with Crippen molar-refractivity contribution < 1.29 is 5.11 Å². The number of aliphatic hydroxyl groups is 1. The van der Waals surface area contributed by atoms with Crippen molar-refractivity contribution in [2.24, 2.45) is 5.92 Å². The molecule has 0 aliphatic rings. The minimum atomic E-state index is -0.351. The van der Waals surface area contributed by atoms with Crippen LogP contribution in [0.1, 0.15) is 50.3 Å². The first kappa shape index (κ1) is 13.7. The molecular formula is C14H21BrO. The lowest BCUT2D eigenvalue weighted by Gasteiger charge is -2.18. The Kier molecular flexibility index (Phi) is 5.50. The van der Waals surface area contributed by atoms with Crippen molar-refractivity contribution in [2.75, 3.05) is 0 Å². The van der Waals surface area contributed by atoms with Gasteiger partial charge < -0.3 is 5.11 Å². The van der Waals surface area contributed by atoms with Gasteiger partial charge in [-0.3, -0.25) is 0 Å². The molecule has 0 heterocycles. The van der Waals surface area contributed by atoms with E-state index in [4.69, 9.17) is 0 Å². The second kappa shape index (κ2) is 6.41. The number of rotatable bonds is 5. The van der Waals surface area contributed by atoms with Crippen LogP contribution in [0, 0.1) is 12.8 Å². The van der Waals surface area contributed by atoms with Crippen LogP contribution in [0.2, 0.25) is 0 Å². The van der Waals surface area contributed by atoms with Gasteiger partial charge >= 0.3 is 0 Å². The predicted molar refractivity (Wildman–Crippen MR) is 72.5 cm³/mol. The lowest BCUT2D eigenvalue weighted by Crippen LogP contribution is -2.05. The van der Waals surface area contributed by atoms with Crippen LogP contribution in [0.3, 0.4) is 0 Å². The molecule has 0 saturated carbocycles. The highest BCUT2D eigenvalue weighted by atomic mass is 79.9. The average molecular weight is 285 g/mol. The fourth-order valence-corrected chi connectivity index (χ4v) is 2.57. The topological polar surface area (TPSA) is 20.2 Å². The highest BCUT2D eigenvalue weighted by molar-refractivity contribution is 9.10. The van der Waals surface area contributed by atoms with E-state index in [2.05, 4.69) is 42.8 Å². The minimum Gasteiger partial charge on any atom is -0.388 e. The molecule has 0 aliphatic heterocycles. The third kappa shape index (κ3) is 3.60. The van der Waals surface area contributed by atoms with Crippen LogP contribution in [-0.4, -0.2) is 5.11 Å². The summed E-state index contributed by atoms with van der Waals surface area (Å²) in [4.78, 5) is 0. The van der Waals surface area contributed by atoms with Gasteiger partial charge in [0.2, 0.25) is 0 Å². The standard InChI is InChI=1S/C14H21BrO/c1-4-6-10(2)9-13(16)12-8-5-7-11(3)14(12)15/h5,7-8,10,13,16H,4,6,9H2,1-3H3. The number of aliphatic hydroxyl groups excluding tert-OH is 1. The zero-order chi connectivity index (χ0) is 12.1. The molecule has 0 spiro atoms. The van der Waals surface area contributed by atoms with Crippen LogP contribution in [0.25, 0.3) is 0 Å². The first-order chi connectivity index (χ1) is 7.56. The molecule has 1 aromatic carbocycles. The van der Waals surface area contributed by atoms with Gasteiger partial charge in [0.1, 0.15) is 0 Å². The maximum Gasteiger partial charge on any atom is 0.0803 e. The zero-order valence-corrected chi connectivity index (χ0v) is 11.9. The molecule has 16 heavy (non-hydrogen) atoms. The van der Waals surface area contributed by atoms with Gasteiger partial charge in [-0.2, -0.15) is 0 Å². The second-order valence-corrected chi connectivity index (χ2v) is 5.42. The van der Waals surface area contributed by atoms with E-state index in [1.165, 1.54) is 18.4 Å². The maximum absolute atomic E-state index is 10.2. The third-order valence-electron chi connectivity index (χ3n) is 2.99. The summed E-state index contributed by atoms with van der Waals surface area (Å²) >= 11 is 3.55. The number of hydrogen-bond acceptors (Lipinski definition) is 1. The van der Waals surface area contributed by atoms with E-state index < -0.39 is 0 Å². The zero-order valence-electron chi connectivity index (χ0n) is 10.3. The fourth-order valence-electron chi connectivity index (χ4n) is 2.05.